The van der Waals surface area contributed by atoms with E-state index in [0.717, 1.165) is 37.6 Å². The molecule has 88 valence electrons. The van der Waals surface area contributed by atoms with Crippen molar-refractivity contribution in [2.45, 2.75) is 26.1 Å². The lowest BCUT2D eigenvalue weighted by Gasteiger charge is -2.21. The van der Waals surface area contributed by atoms with Crippen molar-refractivity contribution in [3.05, 3.63) is 18.0 Å². The largest absolute Gasteiger partial charge is 0.392 e. The summed E-state index contributed by atoms with van der Waals surface area (Å²) in [7, 11) is 0. The molecule has 1 aromatic rings. The molecule has 0 aliphatic carbocycles. The van der Waals surface area contributed by atoms with E-state index in [1.165, 1.54) is 0 Å². The lowest BCUT2D eigenvalue weighted by atomic mass is 10.3. The van der Waals surface area contributed by atoms with E-state index >= 15 is 0 Å². The summed E-state index contributed by atoms with van der Waals surface area (Å²) >= 11 is 0. The van der Waals surface area contributed by atoms with Gasteiger partial charge in [-0.05, 0) is 13.3 Å². The molecule has 2 heterocycles. The van der Waals surface area contributed by atoms with E-state index in [-0.39, 0.29) is 12.7 Å². The van der Waals surface area contributed by atoms with Gasteiger partial charge in [0.1, 0.15) is 0 Å². The Balaban J connectivity index is 2.09. The number of aromatic nitrogens is 2. The normalized spacial score (nSPS) is 21.9. The van der Waals surface area contributed by atoms with Gasteiger partial charge in [0.15, 0.2) is 0 Å². The van der Waals surface area contributed by atoms with Crippen LogP contribution in [0, 0.1) is 0 Å². The van der Waals surface area contributed by atoms with E-state index in [2.05, 4.69) is 21.8 Å². The smallest absolute Gasteiger partial charge is 0.225 e. The lowest BCUT2D eigenvalue weighted by molar-refractivity contribution is 0.0820. The maximum atomic E-state index is 8.91. The number of hydrogen-bond donors (Lipinski definition) is 1. The molecular weight excluding hydrogens is 206 g/mol. The van der Waals surface area contributed by atoms with Crippen molar-refractivity contribution >= 4 is 5.95 Å². The van der Waals surface area contributed by atoms with Gasteiger partial charge in [-0.2, -0.15) is 0 Å². The minimum atomic E-state index is -0.0141. The first kappa shape index (κ1) is 11.3. The number of rotatable bonds is 2. The second-order valence-electron chi connectivity index (χ2n) is 4.03. The Bertz CT molecular complexity index is 329. The van der Waals surface area contributed by atoms with Crippen LogP contribution in [0.2, 0.25) is 0 Å². The van der Waals surface area contributed by atoms with Crippen molar-refractivity contribution < 1.29 is 9.84 Å². The van der Waals surface area contributed by atoms with Crippen LogP contribution >= 0.6 is 0 Å². The van der Waals surface area contributed by atoms with Crippen molar-refractivity contribution in [1.29, 1.82) is 0 Å². The maximum Gasteiger partial charge on any atom is 0.225 e. The Morgan fingerprint density at radius 1 is 1.50 bits per heavy atom. The van der Waals surface area contributed by atoms with Crippen LogP contribution in [0.5, 0.6) is 0 Å². The monoisotopic (exact) mass is 223 g/mol. The van der Waals surface area contributed by atoms with E-state index in [9.17, 15) is 0 Å². The van der Waals surface area contributed by atoms with Crippen LogP contribution in [-0.2, 0) is 11.3 Å². The highest BCUT2D eigenvalue weighted by molar-refractivity contribution is 5.30. The third-order valence-corrected chi connectivity index (χ3v) is 2.61. The highest BCUT2D eigenvalue weighted by atomic mass is 16.5. The summed E-state index contributed by atoms with van der Waals surface area (Å²) in [6.07, 6.45) is 4.54. The summed E-state index contributed by atoms with van der Waals surface area (Å²) < 4.78 is 5.56. The topological polar surface area (TPSA) is 58.5 Å². The molecule has 1 saturated heterocycles. The molecule has 1 aliphatic heterocycles. The van der Waals surface area contributed by atoms with Gasteiger partial charge >= 0.3 is 0 Å². The van der Waals surface area contributed by atoms with Gasteiger partial charge in [0.25, 0.3) is 0 Å². The standard InChI is InChI=1S/C11H17N3O2/c1-9-7-14(3-2-4-16-9)11-12-5-10(8-15)6-13-11/h5-6,9,15H,2-4,7-8H2,1H3. The van der Waals surface area contributed by atoms with Gasteiger partial charge in [-0.3, -0.25) is 0 Å². The Morgan fingerprint density at radius 2 is 2.25 bits per heavy atom. The zero-order chi connectivity index (χ0) is 11.4. The number of aliphatic hydroxyl groups excluding tert-OH is 1. The number of ether oxygens (including phenoxy) is 1. The molecule has 0 aromatic carbocycles. The van der Waals surface area contributed by atoms with Gasteiger partial charge in [-0.1, -0.05) is 0 Å². The zero-order valence-electron chi connectivity index (χ0n) is 9.46. The quantitative estimate of drug-likeness (QED) is 0.795. The van der Waals surface area contributed by atoms with Crippen LogP contribution in [0.3, 0.4) is 0 Å². The van der Waals surface area contributed by atoms with E-state index in [1.54, 1.807) is 12.4 Å². The predicted molar refractivity (Wildman–Crippen MR) is 60.2 cm³/mol. The van der Waals surface area contributed by atoms with Crippen LogP contribution in [0.25, 0.3) is 0 Å². The molecule has 1 aliphatic rings. The molecule has 1 N–H and O–H groups in total. The second kappa shape index (κ2) is 5.23. The highest BCUT2D eigenvalue weighted by Crippen LogP contribution is 2.12. The van der Waals surface area contributed by atoms with Crippen LogP contribution in [-0.4, -0.2) is 40.9 Å². The molecule has 0 saturated carbocycles. The molecule has 1 atom stereocenters. The molecule has 1 unspecified atom stereocenters. The number of anilines is 1. The summed E-state index contributed by atoms with van der Waals surface area (Å²) in [5.74, 6) is 0.717. The highest BCUT2D eigenvalue weighted by Gasteiger charge is 2.16. The lowest BCUT2D eigenvalue weighted by Crippen LogP contribution is -2.31. The molecule has 1 fully saturated rings. The Kier molecular flexibility index (Phi) is 3.69. The second-order valence-corrected chi connectivity index (χ2v) is 4.03. The van der Waals surface area contributed by atoms with E-state index < -0.39 is 0 Å². The summed E-state index contributed by atoms with van der Waals surface area (Å²) in [4.78, 5) is 10.6. The molecule has 5 nitrogen and oxygen atoms in total. The Labute approximate surface area is 95.1 Å². The summed E-state index contributed by atoms with van der Waals surface area (Å²) in [5.41, 5.74) is 0.739. The fourth-order valence-corrected chi connectivity index (χ4v) is 1.77. The summed E-state index contributed by atoms with van der Waals surface area (Å²) in [6, 6.07) is 0. The third kappa shape index (κ3) is 2.68. The van der Waals surface area contributed by atoms with Crippen molar-refractivity contribution in [2.75, 3.05) is 24.6 Å². The molecule has 0 spiro atoms. The molecule has 0 amide bonds. The molecule has 0 radical (unpaired) electrons. The first-order valence-corrected chi connectivity index (χ1v) is 5.58. The van der Waals surface area contributed by atoms with Crippen LogP contribution in [0.15, 0.2) is 12.4 Å². The van der Waals surface area contributed by atoms with Crippen molar-refractivity contribution in [2.24, 2.45) is 0 Å². The predicted octanol–water partition coefficient (Wildman–Crippen LogP) is 0.584. The van der Waals surface area contributed by atoms with Crippen molar-refractivity contribution in [3.8, 4) is 0 Å². The average Bonchev–Trinajstić information content (AvgIpc) is 2.54. The molecule has 2 rings (SSSR count). The van der Waals surface area contributed by atoms with E-state index in [0.29, 0.717) is 0 Å². The fourth-order valence-electron chi connectivity index (χ4n) is 1.77. The van der Waals surface area contributed by atoms with Crippen molar-refractivity contribution in [1.82, 2.24) is 9.97 Å². The molecule has 1 aromatic heterocycles. The summed E-state index contributed by atoms with van der Waals surface area (Å²) in [5, 5.41) is 8.91. The zero-order valence-corrected chi connectivity index (χ0v) is 9.46. The van der Waals surface area contributed by atoms with Gasteiger partial charge in [-0.25, -0.2) is 9.97 Å². The third-order valence-electron chi connectivity index (χ3n) is 2.61. The van der Waals surface area contributed by atoms with E-state index in [1.807, 2.05) is 0 Å². The SMILES string of the molecule is CC1CN(c2ncc(CO)cn2)CCCO1. The minimum Gasteiger partial charge on any atom is -0.392 e. The molecular formula is C11H17N3O2. The first-order valence-electron chi connectivity index (χ1n) is 5.58. The average molecular weight is 223 g/mol. The van der Waals surface area contributed by atoms with Gasteiger partial charge in [0.05, 0.1) is 12.7 Å². The number of aliphatic hydroxyl groups is 1. The van der Waals surface area contributed by atoms with Gasteiger partial charge in [0, 0.05) is 37.7 Å². The van der Waals surface area contributed by atoms with Gasteiger partial charge < -0.3 is 14.7 Å². The Morgan fingerprint density at radius 3 is 2.94 bits per heavy atom. The molecule has 0 bridgehead atoms. The Hall–Kier alpha value is -1.20. The first-order chi connectivity index (χ1) is 7.79. The van der Waals surface area contributed by atoms with Crippen molar-refractivity contribution in [3.63, 3.8) is 0 Å². The fraction of sp³-hybridized carbons (Fsp3) is 0.636. The van der Waals surface area contributed by atoms with E-state index in [4.69, 9.17) is 9.84 Å². The minimum absolute atomic E-state index is 0.0141. The van der Waals surface area contributed by atoms with Crippen LogP contribution in [0.4, 0.5) is 5.95 Å². The number of nitrogens with zero attached hydrogens (tertiary/aromatic N) is 3. The molecule has 16 heavy (non-hydrogen) atoms. The number of hydrogen-bond acceptors (Lipinski definition) is 5. The molecule has 5 heteroatoms. The van der Waals surface area contributed by atoms with Gasteiger partial charge in [-0.15, -0.1) is 0 Å². The maximum absolute atomic E-state index is 8.91. The summed E-state index contributed by atoms with van der Waals surface area (Å²) in [6.45, 7) is 4.58. The van der Waals surface area contributed by atoms with Crippen LogP contribution < -0.4 is 4.90 Å². The van der Waals surface area contributed by atoms with Crippen LogP contribution in [0.1, 0.15) is 18.9 Å². The van der Waals surface area contributed by atoms with Gasteiger partial charge in [0.2, 0.25) is 5.95 Å².